The van der Waals surface area contributed by atoms with Crippen molar-refractivity contribution in [3.63, 3.8) is 0 Å². The van der Waals surface area contributed by atoms with Crippen LogP contribution in [0, 0.1) is 5.82 Å². The number of amides is 1. The van der Waals surface area contributed by atoms with Crippen LogP contribution in [0.3, 0.4) is 0 Å². The molecule has 1 amide bonds. The first-order chi connectivity index (χ1) is 9.54. The molecular weight excluding hydrogens is 263 g/mol. The summed E-state index contributed by atoms with van der Waals surface area (Å²) >= 11 is 0. The van der Waals surface area contributed by atoms with E-state index >= 15 is 0 Å². The monoisotopic (exact) mass is 284 g/mol. The van der Waals surface area contributed by atoms with Gasteiger partial charge in [-0.3, -0.25) is 9.69 Å². The van der Waals surface area contributed by atoms with E-state index < -0.39 is 0 Å². The molecular formula is C14H21FN2O3. The van der Waals surface area contributed by atoms with Crippen molar-refractivity contribution in [2.45, 2.75) is 13.0 Å². The van der Waals surface area contributed by atoms with E-state index in [-0.39, 0.29) is 17.8 Å². The zero-order valence-corrected chi connectivity index (χ0v) is 11.8. The van der Waals surface area contributed by atoms with Gasteiger partial charge in [0.1, 0.15) is 18.2 Å². The van der Waals surface area contributed by atoms with E-state index in [0.717, 1.165) is 0 Å². The van der Waals surface area contributed by atoms with Crippen molar-refractivity contribution in [1.82, 2.24) is 4.90 Å². The molecule has 20 heavy (non-hydrogen) atoms. The van der Waals surface area contributed by atoms with Gasteiger partial charge in [0.2, 0.25) is 5.91 Å². The molecule has 0 aliphatic carbocycles. The molecule has 0 aliphatic rings. The number of nitrogens with zero attached hydrogens (tertiary/aromatic N) is 1. The highest BCUT2D eigenvalue weighted by Crippen LogP contribution is 2.11. The summed E-state index contributed by atoms with van der Waals surface area (Å²) in [5, 5.41) is 0. The van der Waals surface area contributed by atoms with Crippen LogP contribution in [0.15, 0.2) is 24.3 Å². The van der Waals surface area contributed by atoms with Crippen molar-refractivity contribution in [3.05, 3.63) is 30.1 Å². The fraction of sp³-hybridized carbons (Fsp3) is 0.500. The van der Waals surface area contributed by atoms with Gasteiger partial charge >= 0.3 is 0 Å². The molecule has 5 nitrogen and oxygen atoms in total. The topological polar surface area (TPSA) is 64.8 Å². The van der Waals surface area contributed by atoms with Crippen molar-refractivity contribution in [2.75, 3.05) is 33.4 Å². The third-order valence-corrected chi connectivity index (χ3v) is 3.00. The molecule has 0 aliphatic heterocycles. The molecule has 1 rings (SSSR count). The van der Waals surface area contributed by atoms with Crippen LogP contribution in [0.2, 0.25) is 0 Å². The van der Waals surface area contributed by atoms with E-state index in [0.29, 0.717) is 32.1 Å². The Morgan fingerprint density at radius 3 is 2.45 bits per heavy atom. The van der Waals surface area contributed by atoms with E-state index in [9.17, 15) is 9.18 Å². The third kappa shape index (κ3) is 5.54. The summed E-state index contributed by atoms with van der Waals surface area (Å²) in [6.45, 7) is 3.76. The molecule has 0 fully saturated rings. The molecule has 1 atom stereocenters. The maximum atomic E-state index is 12.7. The summed E-state index contributed by atoms with van der Waals surface area (Å²) in [6, 6.07) is 5.41. The summed E-state index contributed by atoms with van der Waals surface area (Å²) in [6.07, 6.45) is 0. The van der Waals surface area contributed by atoms with Gasteiger partial charge in [0.15, 0.2) is 0 Å². The number of benzene rings is 1. The lowest BCUT2D eigenvalue weighted by Crippen LogP contribution is -2.45. The molecule has 0 radical (unpaired) electrons. The number of carbonyl (C=O) groups is 1. The molecule has 6 heteroatoms. The summed E-state index contributed by atoms with van der Waals surface area (Å²) in [5.41, 5.74) is 5.30. The van der Waals surface area contributed by atoms with Crippen LogP contribution in [0.5, 0.6) is 5.75 Å². The van der Waals surface area contributed by atoms with Gasteiger partial charge in [-0.2, -0.15) is 0 Å². The zero-order chi connectivity index (χ0) is 15.0. The molecule has 0 spiro atoms. The zero-order valence-electron chi connectivity index (χ0n) is 11.8. The highest BCUT2D eigenvalue weighted by molar-refractivity contribution is 5.79. The Hall–Kier alpha value is -1.66. The molecule has 112 valence electrons. The number of primary amides is 1. The highest BCUT2D eigenvalue weighted by atomic mass is 19.1. The fourth-order valence-corrected chi connectivity index (χ4v) is 1.70. The predicted molar refractivity (Wildman–Crippen MR) is 74.0 cm³/mol. The van der Waals surface area contributed by atoms with Gasteiger partial charge in [0.25, 0.3) is 0 Å². The van der Waals surface area contributed by atoms with Crippen LogP contribution in [-0.4, -0.2) is 50.3 Å². The van der Waals surface area contributed by atoms with Crippen LogP contribution < -0.4 is 10.5 Å². The Labute approximate surface area is 118 Å². The molecule has 1 unspecified atom stereocenters. The summed E-state index contributed by atoms with van der Waals surface area (Å²) < 4.78 is 23.2. The number of halogens is 1. The van der Waals surface area contributed by atoms with Gasteiger partial charge in [-0.25, -0.2) is 4.39 Å². The molecule has 0 aromatic heterocycles. The predicted octanol–water partition coefficient (Wildman–Crippen LogP) is 1.03. The lowest BCUT2D eigenvalue weighted by atomic mass is 10.2. The normalized spacial score (nSPS) is 12.4. The lowest BCUT2D eigenvalue weighted by Gasteiger charge is -2.26. The molecule has 2 N–H and O–H groups in total. The molecule has 0 saturated heterocycles. The number of rotatable bonds is 9. The summed E-state index contributed by atoms with van der Waals surface area (Å²) in [5.74, 6) is -0.103. The first-order valence-corrected chi connectivity index (χ1v) is 6.45. The average Bonchev–Trinajstić information content (AvgIpc) is 2.43. The van der Waals surface area contributed by atoms with Gasteiger partial charge in [0.05, 0.1) is 12.6 Å². The number of nitrogens with two attached hydrogens (primary N) is 1. The maximum absolute atomic E-state index is 12.7. The number of ether oxygens (including phenoxy) is 2. The maximum Gasteiger partial charge on any atom is 0.234 e. The SMILES string of the molecule is COCCN(CCOc1ccc(F)cc1)C(C)C(N)=O. The van der Waals surface area contributed by atoms with Crippen molar-refractivity contribution < 1.29 is 18.7 Å². The van der Waals surface area contributed by atoms with Gasteiger partial charge in [-0.15, -0.1) is 0 Å². The van der Waals surface area contributed by atoms with Crippen LogP contribution in [0.4, 0.5) is 4.39 Å². The number of hydrogen-bond acceptors (Lipinski definition) is 4. The van der Waals surface area contributed by atoms with Gasteiger partial charge in [-0.1, -0.05) is 0 Å². The Kier molecular flexibility index (Phi) is 6.97. The smallest absolute Gasteiger partial charge is 0.234 e. The van der Waals surface area contributed by atoms with E-state index in [2.05, 4.69) is 0 Å². The average molecular weight is 284 g/mol. The molecule has 1 aromatic rings. The van der Waals surface area contributed by atoms with Crippen LogP contribution in [0.1, 0.15) is 6.92 Å². The van der Waals surface area contributed by atoms with Gasteiger partial charge < -0.3 is 15.2 Å². The molecule has 0 heterocycles. The number of hydrogen-bond donors (Lipinski definition) is 1. The van der Waals surface area contributed by atoms with E-state index in [1.807, 2.05) is 4.90 Å². The quantitative estimate of drug-likeness (QED) is 0.735. The minimum absolute atomic E-state index is 0.304. The summed E-state index contributed by atoms with van der Waals surface area (Å²) in [7, 11) is 1.60. The second-order valence-electron chi connectivity index (χ2n) is 4.41. The van der Waals surface area contributed by atoms with Crippen molar-refractivity contribution >= 4 is 5.91 Å². The minimum atomic E-state index is -0.387. The Morgan fingerprint density at radius 2 is 1.90 bits per heavy atom. The van der Waals surface area contributed by atoms with E-state index in [1.165, 1.54) is 12.1 Å². The van der Waals surface area contributed by atoms with E-state index in [4.69, 9.17) is 15.2 Å². The third-order valence-electron chi connectivity index (χ3n) is 3.00. The van der Waals surface area contributed by atoms with E-state index in [1.54, 1.807) is 26.2 Å². The van der Waals surface area contributed by atoms with Crippen LogP contribution >= 0.6 is 0 Å². The second kappa shape index (κ2) is 8.50. The number of carbonyl (C=O) groups excluding carboxylic acids is 1. The largest absolute Gasteiger partial charge is 0.492 e. The Balaban J connectivity index is 2.44. The summed E-state index contributed by atoms with van der Waals surface area (Å²) in [4.78, 5) is 13.1. The highest BCUT2D eigenvalue weighted by Gasteiger charge is 2.18. The Bertz CT molecular complexity index is 411. The second-order valence-corrected chi connectivity index (χ2v) is 4.41. The molecule has 0 saturated carbocycles. The Morgan fingerprint density at radius 1 is 1.30 bits per heavy atom. The van der Waals surface area contributed by atoms with Crippen molar-refractivity contribution in [2.24, 2.45) is 5.73 Å². The first kappa shape index (κ1) is 16.4. The van der Waals surface area contributed by atoms with Gasteiger partial charge in [-0.05, 0) is 31.2 Å². The minimum Gasteiger partial charge on any atom is -0.492 e. The standard InChI is InChI=1S/C14H21FN2O3/c1-11(14(16)18)17(7-9-19-2)8-10-20-13-5-3-12(15)4-6-13/h3-6,11H,7-10H2,1-2H3,(H2,16,18). The molecule has 1 aromatic carbocycles. The van der Waals surface area contributed by atoms with Crippen molar-refractivity contribution in [1.29, 1.82) is 0 Å². The number of methoxy groups -OCH3 is 1. The van der Waals surface area contributed by atoms with Crippen LogP contribution in [-0.2, 0) is 9.53 Å². The lowest BCUT2D eigenvalue weighted by molar-refractivity contribution is -0.123. The van der Waals surface area contributed by atoms with Crippen LogP contribution in [0.25, 0.3) is 0 Å². The first-order valence-electron chi connectivity index (χ1n) is 6.45. The fourth-order valence-electron chi connectivity index (χ4n) is 1.70. The van der Waals surface area contributed by atoms with Crippen molar-refractivity contribution in [3.8, 4) is 5.75 Å². The van der Waals surface area contributed by atoms with Gasteiger partial charge in [0, 0.05) is 20.2 Å². The molecule has 0 bridgehead atoms.